The molecule has 2 aromatic rings. The van der Waals surface area contributed by atoms with Crippen molar-refractivity contribution in [3.05, 3.63) is 47.8 Å². The van der Waals surface area contributed by atoms with E-state index < -0.39 is 0 Å². The van der Waals surface area contributed by atoms with Gasteiger partial charge >= 0.3 is 6.09 Å². The molecule has 0 saturated carbocycles. The number of nitrogens with one attached hydrogen (secondary N) is 1. The molecule has 0 radical (unpaired) electrons. The van der Waals surface area contributed by atoms with Crippen LogP contribution in [0.2, 0.25) is 0 Å². The van der Waals surface area contributed by atoms with Crippen LogP contribution in [0.25, 0.3) is 5.69 Å². The van der Waals surface area contributed by atoms with Crippen LogP contribution >= 0.6 is 24.0 Å². The number of hydrogen-bond donors (Lipinski definition) is 2. The lowest BCUT2D eigenvalue weighted by Crippen LogP contribution is -2.48. The summed E-state index contributed by atoms with van der Waals surface area (Å²) in [4.78, 5) is 21.9. The highest BCUT2D eigenvalue weighted by molar-refractivity contribution is 14.0. The first-order valence-corrected chi connectivity index (χ1v) is 9.74. The van der Waals surface area contributed by atoms with Gasteiger partial charge in [-0.3, -0.25) is 0 Å². The van der Waals surface area contributed by atoms with Gasteiger partial charge in [0.25, 0.3) is 0 Å². The van der Waals surface area contributed by atoms with Crippen molar-refractivity contribution < 1.29 is 13.9 Å². The maximum absolute atomic E-state index is 14.5. The van der Waals surface area contributed by atoms with Crippen molar-refractivity contribution in [3.8, 4) is 5.69 Å². The SMILES string of the molecule is CCOC(=O)N1CCC(NC(N)=NCc2ccc(-n3ccnc3C)c(F)c2)CC1.I. The second-order valence-electron chi connectivity index (χ2n) is 6.94. The number of carbonyl (C=O) groups excluding carboxylic acids is 1. The summed E-state index contributed by atoms with van der Waals surface area (Å²) in [7, 11) is 0. The summed E-state index contributed by atoms with van der Waals surface area (Å²) >= 11 is 0. The Morgan fingerprint density at radius 1 is 1.40 bits per heavy atom. The third-order valence-electron chi connectivity index (χ3n) is 4.90. The lowest BCUT2D eigenvalue weighted by Gasteiger charge is -2.31. The standard InChI is InChI=1S/C20H27FN6O2.HI/c1-3-29-20(28)26-9-6-16(7-10-26)25-19(22)24-13-15-4-5-18(17(21)12-15)27-11-8-23-14(27)2;/h4-5,8,11-12,16H,3,6-7,9-10,13H2,1-2H3,(H3,22,24,25);1H. The van der Waals surface area contributed by atoms with E-state index >= 15 is 0 Å². The lowest BCUT2D eigenvalue weighted by atomic mass is 10.1. The van der Waals surface area contributed by atoms with E-state index in [0.717, 1.165) is 24.2 Å². The Balaban J connectivity index is 0.00000320. The normalized spacial score (nSPS) is 14.9. The van der Waals surface area contributed by atoms with E-state index in [1.165, 1.54) is 6.07 Å². The molecule has 1 saturated heterocycles. The molecule has 0 atom stereocenters. The van der Waals surface area contributed by atoms with Crippen LogP contribution in [0.3, 0.4) is 0 Å². The molecule has 8 nitrogen and oxygen atoms in total. The molecule has 30 heavy (non-hydrogen) atoms. The topological polar surface area (TPSA) is 97.8 Å². The third-order valence-corrected chi connectivity index (χ3v) is 4.90. The third kappa shape index (κ3) is 6.07. The monoisotopic (exact) mass is 530 g/mol. The minimum Gasteiger partial charge on any atom is -0.450 e. The van der Waals surface area contributed by atoms with Gasteiger partial charge in [-0.2, -0.15) is 0 Å². The van der Waals surface area contributed by atoms with Crippen molar-refractivity contribution in [2.75, 3.05) is 19.7 Å². The first kappa shape index (κ1) is 23.9. The Morgan fingerprint density at radius 2 is 2.13 bits per heavy atom. The quantitative estimate of drug-likeness (QED) is 0.352. The number of aryl methyl sites for hydroxylation is 1. The number of aliphatic imine (C=N–C) groups is 1. The van der Waals surface area contributed by atoms with Crippen LogP contribution in [0.5, 0.6) is 0 Å². The number of imidazole rings is 1. The number of halogens is 2. The fourth-order valence-corrected chi connectivity index (χ4v) is 3.33. The number of rotatable bonds is 5. The Labute approximate surface area is 192 Å². The van der Waals surface area contributed by atoms with Crippen LogP contribution in [-0.2, 0) is 11.3 Å². The van der Waals surface area contributed by atoms with Crippen LogP contribution in [0.1, 0.15) is 31.2 Å². The fourth-order valence-electron chi connectivity index (χ4n) is 3.33. The number of amides is 1. The van der Waals surface area contributed by atoms with Gasteiger partial charge in [-0.15, -0.1) is 24.0 Å². The predicted octanol–water partition coefficient (Wildman–Crippen LogP) is 2.96. The average molecular weight is 530 g/mol. The van der Waals surface area contributed by atoms with E-state index in [2.05, 4.69) is 15.3 Å². The number of aromatic nitrogens is 2. The maximum atomic E-state index is 14.5. The first-order valence-electron chi connectivity index (χ1n) is 9.74. The smallest absolute Gasteiger partial charge is 0.409 e. The Bertz CT molecular complexity index is 880. The van der Waals surface area contributed by atoms with E-state index in [4.69, 9.17) is 10.5 Å². The van der Waals surface area contributed by atoms with Gasteiger partial charge < -0.3 is 25.3 Å². The number of hydrogen-bond acceptors (Lipinski definition) is 4. The lowest BCUT2D eigenvalue weighted by molar-refractivity contribution is 0.0963. The average Bonchev–Trinajstić information content (AvgIpc) is 3.13. The van der Waals surface area contributed by atoms with E-state index in [1.807, 2.05) is 13.0 Å². The zero-order chi connectivity index (χ0) is 20.8. The minimum atomic E-state index is -0.336. The molecule has 0 unspecified atom stereocenters. The summed E-state index contributed by atoms with van der Waals surface area (Å²) in [6, 6.07) is 5.15. The van der Waals surface area contributed by atoms with Crippen LogP contribution in [0.15, 0.2) is 35.6 Å². The maximum Gasteiger partial charge on any atom is 0.409 e. The number of guanidine groups is 1. The zero-order valence-corrected chi connectivity index (χ0v) is 19.5. The summed E-state index contributed by atoms with van der Waals surface area (Å²) in [6.45, 7) is 5.50. The molecule has 0 aliphatic carbocycles. The van der Waals surface area contributed by atoms with Gasteiger partial charge in [0.1, 0.15) is 11.6 Å². The fraction of sp³-hybridized carbons (Fsp3) is 0.450. The molecule has 1 aromatic heterocycles. The molecule has 1 fully saturated rings. The number of piperidine rings is 1. The zero-order valence-electron chi connectivity index (χ0n) is 17.2. The molecule has 1 aliphatic heterocycles. The van der Waals surface area contributed by atoms with E-state index in [0.29, 0.717) is 31.3 Å². The second kappa shape index (κ2) is 11.1. The summed E-state index contributed by atoms with van der Waals surface area (Å²) in [5, 5.41) is 3.18. The number of nitrogens with two attached hydrogens (primary N) is 1. The molecule has 1 amide bonds. The number of ether oxygens (including phenoxy) is 1. The van der Waals surface area contributed by atoms with Crippen molar-refractivity contribution in [1.29, 1.82) is 0 Å². The predicted molar refractivity (Wildman–Crippen MR) is 124 cm³/mol. The number of nitrogens with zero attached hydrogens (tertiary/aromatic N) is 4. The molecule has 1 aromatic carbocycles. The van der Waals surface area contributed by atoms with Crippen LogP contribution < -0.4 is 11.1 Å². The summed E-state index contributed by atoms with van der Waals surface area (Å²) < 4.78 is 21.2. The van der Waals surface area contributed by atoms with Gasteiger partial charge in [0.15, 0.2) is 5.96 Å². The molecule has 3 rings (SSSR count). The second-order valence-corrected chi connectivity index (χ2v) is 6.94. The molecule has 1 aliphatic rings. The van der Waals surface area contributed by atoms with Crippen molar-refractivity contribution >= 4 is 36.0 Å². The van der Waals surface area contributed by atoms with Gasteiger partial charge in [-0.1, -0.05) is 6.07 Å². The Morgan fingerprint density at radius 3 is 2.73 bits per heavy atom. The summed E-state index contributed by atoms with van der Waals surface area (Å²) in [5.74, 6) is 0.698. The molecule has 0 spiro atoms. The minimum absolute atomic E-state index is 0. The summed E-state index contributed by atoms with van der Waals surface area (Å²) in [5.41, 5.74) is 7.17. The molecule has 0 bridgehead atoms. The van der Waals surface area contributed by atoms with E-state index in [9.17, 15) is 9.18 Å². The van der Waals surface area contributed by atoms with Gasteiger partial charge in [0, 0.05) is 31.5 Å². The molecule has 3 N–H and O–H groups in total. The Hall–Kier alpha value is -2.37. The first-order chi connectivity index (χ1) is 14.0. The highest BCUT2D eigenvalue weighted by Crippen LogP contribution is 2.17. The Kier molecular flexibility index (Phi) is 8.88. The number of likely N-dealkylation sites (tertiary alicyclic amines) is 1. The van der Waals surface area contributed by atoms with E-state index in [-0.39, 0.29) is 48.5 Å². The van der Waals surface area contributed by atoms with Crippen molar-refractivity contribution in [2.45, 2.75) is 39.3 Å². The van der Waals surface area contributed by atoms with Crippen molar-refractivity contribution in [1.82, 2.24) is 19.8 Å². The van der Waals surface area contributed by atoms with Crippen LogP contribution in [0, 0.1) is 12.7 Å². The van der Waals surface area contributed by atoms with Crippen molar-refractivity contribution in [2.24, 2.45) is 10.7 Å². The molecular weight excluding hydrogens is 502 g/mol. The van der Waals surface area contributed by atoms with Gasteiger partial charge in [-0.25, -0.2) is 19.2 Å². The van der Waals surface area contributed by atoms with Gasteiger partial charge in [-0.05, 0) is 44.4 Å². The highest BCUT2D eigenvalue weighted by atomic mass is 127. The highest BCUT2D eigenvalue weighted by Gasteiger charge is 2.23. The number of carbonyl (C=O) groups is 1. The summed E-state index contributed by atoms with van der Waals surface area (Å²) in [6.07, 6.45) is 4.62. The molecule has 2 heterocycles. The van der Waals surface area contributed by atoms with Crippen LogP contribution in [-0.4, -0.2) is 52.2 Å². The molecule has 164 valence electrons. The van der Waals surface area contributed by atoms with Crippen molar-refractivity contribution in [3.63, 3.8) is 0 Å². The van der Waals surface area contributed by atoms with Gasteiger partial charge in [0.2, 0.25) is 0 Å². The number of benzene rings is 1. The van der Waals surface area contributed by atoms with Crippen LogP contribution in [0.4, 0.5) is 9.18 Å². The molecular formula is C20H28FIN6O2. The largest absolute Gasteiger partial charge is 0.450 e. The van der Waals surface area contributed by atoms with E-state index in [1.54, 1.807) is 34.9 Å². The molecule has 10 heteroatoms. The van der Waals surface area contributed by atoms with Gasteiger partial charge in [0.05, 0.1) is 18.8 Å².